The lowest BCUT2D eigenvalue weighted by molar-refractivity contribution is 0.122. The van der Waals surface area contributed by atoms with Crippen LogP contribution in [0.3, 0.4) is 0 Å². The molecule has 1 saturated heterocycles. The lowest BCUT2D eigenvalue weighted by atomic mass is 10.2. The highest BCUT2D eigenvalue weighted by Crippen LogP contribution is 2.31. The van der Waals surface area contributed by atoms with Crippen molar-refractivity contribution in [3.63, 3.8) is 0 Å². The maximum Gasteiger partial charge on any atom is 0.261 e. The van der Waals surface area contributed by atoms with Gasteiger partial charge < -0.3 is 19.3 Å². The van der Waals surface area contributed by atoms with Gasteiger partial charge in [0.15, 0.2) is 11.0 Å². The van der Waals surface area contributed by atoms with Crippen molar-refractivity contribution in [2.45, 2.75) is 10.9 Å². The van der Waals surface area contributed by atoms with Gasteiger partial charge in [0.2, 0.25) is 5.95 Å². The summed E-state index contributed by atoms with van der Waals surface area (Å²) in [4.78, 5) is 6.43. The van der Waals surface area contributed by atoms with Gasteiger partial charge in [-0.3, -0.25) is 4.57 Å². The number of nitrogens with zero attached hydrogens (tertiary/aromatic N) is 6. The average molecular weight is 454 g/mol. The van der Waals surface area contributed by atoms with Crippen molar-refractivity contribution < 1.29 is 18.8 Å². The van der Waals surface area contributed by atoms with Gasteiger partial charge in [-0.1, -0.05) is 35.1 Å². The molecular weight excluding hydrogens is 435 g/mol. The van der Waals surface area contributed by atoms with Gasteiger partial charge in [0, 0.05) is 13.1 Å². The molecule has 11 heteroatoms. The second-order valence-electron chi connectivity index (χ2n) is 7.02. The zero-order valence-corrected chi connectivity index (χ0v) is 17.7. The zero-order chi connectivity index (χ0) is 21.9. The topological polar surface area (TPSA) is 102 Å². The molecule has 1 aliphatic rings. The van der Waals surface area contributed by atoms with E-state index in [0.29, 0.717) is 60.2 Å². The molecule has 0 unspecified atom stereocenters. The van der Waals surface area contributed by atoms with Crippen molar-refractivity contribution in [3.05, 3.63) is 60.2 Å². The van der Waals surface area contributed by atoms with E-state index < -0.39 is 0 Å². The van der Waals surface area contributed by atoms with Crippen LogP contribution in [0.2, 0.25) is 0 Å². The molecule has 0 bridgehead atoms. The van der Waals surface area contributed by atoms with E-state index in [1.54, 1.807) is 30.3 Å². The van der Waals surface area contributed by atoms with E-state index >= 15 is 0 Å². The third-order valence-corrected chi connectivity index (χ3v) is 5.83. The summed E-state index contributed by atoms with van der Waals surface area (Å²) in [5.41, 5.74) is 1.09. The van der Waals surface area contributed by atoms with Crippen LogP contribution in [-0.2, 0) is 10.5 Å². The highest BCUT2D eigenvalue weighted by atomic mass is 32.2. The molecule has 2 aromatic carbocycles. The van der Waals surface area contributed by atoms with Crippen LogP contribution in [0.4, 0.5) is 10.3 Å². The zero-order valence-electron chi connectivity index (χ0n) is 16.9. The minimum atomic E-state index is -0.342. The highest BCUT2D eigenvalue weighted by molar-refractivity contribution is 7.98. The van der Waals surface area contributed by atoms with Crippen molar-refractivity contribution in [1.29, 1.82) is 0 Å². The summed E-state index contributed by atoms with van der Waals surface area (Å²) in [6, 6.07) is 13.1. The standard InChI is InChI=1S/C21H19FN6O3S/c22-14-4-3-5-15(12-14)28-20(27-8-10-30-11-9-27)24-25-21(28)32-13-18-23-19(31-26-18)16-6-1-2-7-17(16)29/h1-7,12,29H,8-11,13H2. The average Bonchev–Trinajstić information content (AvgIpc) is 3.46. The second kappa shape index (κ2) is 8.97. The SMILES string of the molecule is Oc1ccccc1-c1nc(CSc2nnc(N3CCOCC3)n2-c2cccc(F)c2)no1. The van der Waals surface area contributed by atoms with Crippen molar-refractivity contribution in [2.75, 3.05) is 31.2 Å². The fourth-order valence-corrected chi connectivity index (χ4v) is 4.16. The molecule has 5 rings (SSSR count). The Kier molecular flexibility index (Phi) is 5.73. The summed E-state index contributed by atoms with van der Waals surface area (Å²) in [5.74, 6) is 1.38. The van der Waals surface area contributed by atoms with Crippen LogP contribution in [0.1, 0.15) is 5.82 Å². The number of hydrogen-bond acceptors (Lipinski definition) is 9. The van der Waals surface area contributed by atoms with Gasteiger partial charge in [0.05, 0.1) is 30.2 Å². The van der Waals surface area contributed by atoms with Crippen molar-refractivity contribution >= 4 is 17.7 Å². The van der Waals surface area contributed by atoms with Gasteiger partial charge in [-0.25, -0.2) is 4.39 Å². The number of para-hydroxylation sites is 1. The number of halogens is 1. The monoisotopic (exact) mass is 454 g/mol. The predicted octanol–water partition coefficient (Wildman–Crippen LogP) is 3.29. The minimum absolute atomic E-state index is 0.0661. The molecule has 1 fully saturated rings. The number of morpholine rings is 1. The van der Waals surface area contributed by atoms with E-state index in [9.17, 15) is 9.50 Å². The Labute approximate surface area is 186 Å². The Morgan fingerprint density at radius 2 is 1.91 bits per heavy atom. The first-order valence-corrected chi connectivity index (χ1v) is 11.0. The summed E-state index contributed by atoms with van der Waals surface area (Å²) >= 11 is 1.36. The molecule has 0 spiro atoms. The highest BCUT2D eigenvalue weighted by Gasteiger charge is 2.23. The number of anilines is 1. The molecule has 9 nitrogen and oxygen atoms in total. The summed E-state index contributed by atoms with van der Waals surface area (Å²) in [7, 11) is 0. The van der Waals surface area contributed by atoms with E-state index in [2.05, 4.69) is 25.2 Å². The minimum Gasteiger partial charge on any atom is -0.507 e. The van der Waals surface area contributed by atoms with Gasteiger partial charge >= 0.3 is 0 Å². The molecule has 32 heavy (non-hydrogen) atoms. The van der Waals surface area contributed by atoms with E-state index in [1.165, 1.54) is 23.9 Å². The van der Waals surface area contributed by atoms with Crippen LogP contribution in [0.15, 0.2) is 58.2 Å². The van der Waals surface area contributed by atoms with Gasteiger partial charge in [-0.15, -0.1) is 10.2 Å². The number of rotatable bonds is 6. The molecular formula is C21H19FN6O3S. The lowest BCUT2D eigenvalue weighted by Gasteiger charge is -2.27. The van der Waals surface area contributed by atoms with E-state index in [4.69, 9.17) is 9.26 Å². The molecule has 4 aromatic rings. The van der Waals surface area contributed by atoms with Crippen molar-refractivity contribution in [3.8, 4) is 22.9 Å². The smallest absolute Gasteiger partial charge is 0.261 e. The van der Waals surface area contributed by atoms with Gasteiger partial charge in [0.25, 0.3) is 5.89 Å². The Balaban J connectivity index is 1.41. The van der Waals surface area contributed by atoms with Crippen molar-refractivity contribution in [2.24, 2.45) is 0 Å². The number of phenolic OH excluding ortho intramolecular Hbond substituents is 1. The van der Waals surface area contributed by atoms with E-state index in [1.807, 2.05) is 10.6 Å². The molecule has 1 aliphatic heterocycles. The van der Waals surface area contributed by atoms with Crippen molar-refractivity contribution in [1.82, 2.24) is 24.9 Å². The molecule has 0 aliphatic carbocycles. The van der Waals surface area contributed by atoms with E-state index in [-0.39, 0.29) is 17.5 Å². The molecule has 2 aromatic heterocycles. The molecule has 0 amide bonds. The van der Waals surface area contributed by atoms with E-state index in [0.717, 1.165) is 0 Å². The first-order chi connectivity index (χ1) is 15.7. The third-order valence-electron chi connectivity index (χ3n) is 4.91. The number of thioether (sulfide) groups is 1. The van der Waals surface area contributed by atoms with Crippen LogP contribution < -0.4 is 4.90 Å². The van der Waals surface area contributed by atoms with Gasteiger partial charge in [-0.2, -0.15) is 4.98 Å². The number of ether oxygens (including phenoxy) is 1. The second-order valence-corrected chi connectivity index (χ2v) is 7.96. The summed E-state index contributed by atoms with van der Waals surface area (Å²) in [5, 5.41) is 23.3. The third kappa shape index (κ3) is 4.16. The molecule has 1 N–H and O–H groups in total. The number of benzene rings is 2. The fraction of sp³-hybridized carbons (Fsp3) is 0.238. The molecule has 0 saturated carbocycles. The summed E-state index contributed by atoms with van der Waals surface area (Å²) in [6.07, 6.45) is 0. The largest absolute Gasteiger partial charge is 0.507 e. The first-order valence-electron chi connectivity index (χ1n) is 9.97. The summed E-state index contributed by atoms with van der Waals surface area (Å²) in [6.45, 7) is 2.53. The normalized spacial score (nSPS) is 14.1. The maximum atomic E-state index is 14.0. The lowest BCUT2D eigenvalue weighted by Crippen LogP contribution is -2.37. The van der Waals surface area contributed by atoms with Crippen LogP contribution in [0, 0.1) is 5.82 Å². The Morgan fingerprint density at radius 3 is 2.72 bits per heavy atom. The van der Waals surface area contributed by atoms with Crippen LogP contribution in [0.25, 0.3) is 17.1 Å². The summed E-state index contributed by atoms with van der Waals surface area (Å²) < 4.78 is 26.5. The predicted molar refractivity (Wildman–Crippen MR) is 115 cm³/mol. The molecule has 164 valence electrons. The fourth-order valence-electron chi connectivity index (χ4n) is 3.37. The maximum absolute atomic E-state index is 14.0. The Bertz CT molecular complexity index is 1220. The van der Waals surface area contributed by atoms with Gasteiger partial charge in [-0.05, 0) is 30.3 Å². The molecule has 3 heterocycles. The Hall–Kier alpha value is -3.44. The van der Waals surface area contributed by atoms with Crippen LogP contribution in [-0.4, -0.2) is 56.3 Å². The number of aromatic nitrogens is 5. The quantitative estimate of drug-likeness (QED) is 0.440. The van der Waals surface area contributed by atoms with Crippen LogP contribution in [0.5, 0.6) is 5.75 Å². The van der Waals surface area contributed by atoms with Crippen LogP contribution >= 0.6 is 11.8 Å². The molecule has 0 atom stereocenters. The molecule has 0 radical (unpaired) electrons. The number of aromatic hydroxyl groups is 1. The first kappa shape index (κ1) is 20.5. The van der Waals surface area contributed by atoms with Gasteiger partial charge in [0.1, 0.15) is 11.6 Å². The number of hydrogen-bond donors (Lipinski definition) is 1. The number of phenols is 1. The Morgan fingerprint density at radius 1 is 1.06 bits per heavy atom.